The Morgan fingerprint density at radius 2 is 1.88 bits per heavy atom. The fraction of sp³-hybridized carbons (Fsp3) is 0.650. The van der Waals surface area contributed by atoms with Gasteiger partial charge in [0.1, 0.15) is 5.65 Å². The molecular formula is C20H30N4. The minimum Gasteiger partial charge on any atom is -0.302 e. The molecule has 0 bridgehead atoms. The van der Waals surface area contributed by atoms with Crippen LogP contribution >= 0.6 is 0 Å². The molecule has 2 aliphatic heterocycles. The molecule has 4 rings (SSSR count). The summed E-state index contributed by atoms with van der Waals surface area (Å²) in [7, 11) is 0. The van der Waals surface area contributed by atoms with Gasteiger partial charge >= 0.3 is 0 Å². The van der Waals surface area contributed by atoms with Gasteiger partial charge in [0.2, 0.25) is 0 Å². The van der Waals surface area contributed by atoms with E-state index in [1.54, 1.807) is 0 Å². The van der Waals surface area contributed by atoms with Gasteiger partial charge in [-0.3, -0.25) is 4.90 Å². The zero-order valence-corrected chi connectivity index (χ0v) is 15.1. The second-order valence-corrected chi connectivity index (χ2v) is 7.67. The quantitative estimate of drug-likeness (QED) is 0.861. The number of hydrogen-bond acceptors (Lipinski definition) is 3. The maximum atomic E-state index is 4.70. The van der Waals surface area contributed by atoms with Crippen LogP contribution in [0.2, 0.25) is 0 Å². The van der Waals surface area contributed by atoms with Gasteiger partial charge < -0.3 is 9.30 Å². The van der Waals surface area contributed by atoms with E-state index < -0.39 is 0 Å². The number of nitrogens with zero attached hydrogens (tertiary/aromatic N) is 4. The summed E-state index contributed by atoms with van der Waals surface area (Å²) in [4.78, 5) is 10.0. The van der Waals surface area contributed by atoms with E-state index in [9.17, 15) is 0 Å². The van der Waals surface area contributed by atoms with Crippen molar-refractivity contribution < 1.29 is 0 Å². The minimum absolute atomic E-state index is 0.771. The van der Waals surface area contributed by atoms with E-state index in [4.69, 9.17) is 4.98 Å². The first-order chi connectivity index (χ1) is 11.7. The number of fused-ring (bicyclic) bond motifs is 1. The molecule has 0 aliphatic carbocycles. The number of imidazole rings is 1. The molecule has 0 N–H and O–H groups in total. The third-order valence-electron chi connectivity index (χ3n) is 6.23. The molecule has 1 atom stereocenters. The van der Waals surface area contributed by atoms with Gasteiger partial charge in [-0.15, -0.1) is 0 Å². The van der Waals surface area contributed by atoms with Crippen molar-refractivity contribution in [3.05, 3.63) is 35.8 Å². The van der Waals surface area contributed by atoms with Crippen molar-refractivity contribution in [1.82, 2.24) is 19.2 Å². The van der Waals surface area contributed by atoms with Gasteiger partial charge in [0.15, 0.2) is 0 Å². The van der Waals surface area contributed by atoms with E-state index in [1.807, 2.05) is 0 Å². The number of piperidine rings is 1. The largest absolute Gasteiger partial charge is 0.302 e. The molecule has 2 fully saturated rings. The molecule has 0 radical (unpaired) electrons. The van der Waals surface area contributed by atoms with Crippen molar-refractivity contribution in [2.24, 2.45) is 5.92 Å². The number of pyridine rings is 1. The molecule has 2 aromatic heterocycles. The van der Waals surface area contributed by atoms with Crippen molar-refractivity contribution >= 4 is 5.65 Å². The van der Waals surface area contributed by atoms with Gasteiger partial charge in [0.05, 0.1) is 11.4 Å². The zero-order chi connectivity index (χ0) is 16.5. The SMILES string of the molecule is Cc1nc2ccccn2c1CN1CCC(C(C)N2CCCC2)CC1. The van der Waals surface area contributed by atoms with E-state index >= 15 is 0 Å². The Bertz CT molecular complexity index is 678. The molecule has 0 saturated carbocycles. The smallest absolute Gasteiger partial charge is 0.137 e. The Labute approximate surface area is 145 Å². The monoisotopic (exact) mass is 326 g/mol. The standard InChI is InChI=1S/C20H30N4/c1-16-19(24-12-4-3-7-20(24)21-16)15-22-13-8-18(9-14-22)17(2)23-10-5-6-11-23/h3-4,7,12,17-18H,5-6,8-11,13-15H2,1-2H3. The third kappa shape index (κ3) is 3.09. The van der Waals surface area contributed by atoms with Crippen LogP contribution in [0.25, 0.3) is 5.65 Å². The summed E-state index contributed by atoms with van der Waals surface area (Å²) >= 11 is 0. The summed E-state index contributed by atoms with van der Waals surface area (Å²) in [6, 6.07) is 7.03. The average Bonchev–Trinajstić information content (AvgIpc) is 3.24. The number of hydrogen-bond donors (Lipinski definition) is 0. The first-order valence-corrected chi connectivity index (χ1v) is 9.61. The van der Waals surface area contributed by atoms with E-state index in [0.29, 0.717) is 0 Å². The number of aromatic nitrogens is 2. The summed E-state index contributed by atoms with van der Waals surface area (Å²) in [6.45, 7) is 10.7. The van der Waals surface area contributed by atoms with E-state index in [1.165, 1.54) is 63.3 Å². The maximum absolute atomic E-state index is 4.70. The predicted octanol–water partition coefficient (Wildman–Crippen LogP) is 3.34. The number of aryl methyl sites for hydroxylation is 1. The van der Waals surface area contributed by atoms with Crippen molar-refractivity contribution in [2.75, 3.05) is 26.2 Å². The zero-order valence-electron chi connectivity index (χ0n) is 15.1. The van der Waals surface area contributed by atoms with Gasteiger partial charge in [0.25, 0.3) is 0 Å². The molecule has 130 valence electrons. The van der Waals surface area contributed by atoms with Gasteiger partial charge in [0, 0.05) is 18.8 Å². The summed E-state index contributed by atoms with van der Waals surface area (Å²) in [6.07, 6.45) is 7.63. The Hall–Kier alpha value is -1.39. The highest BCUT2D eigenvalue weighted by molar-refractivity contribution is 5.42. The Kier molecular flexibility index (Phi) is 4.59. The van der Waals surface area contributed by atoms with Gasteiger partial charge in [-0.2, -0.15) is 0 Å². The molecule has 24 heavy (non-hydrogen) atoms. The lowest BCUT2D eigenvalue weighted by atomic mass is 9.89. The van der Waals surface area contributed by atoms with Gasteiger partial charge in [-0.05, 0) is 83.8 Å². The normalized spacial score (nSPS) is 22.4. The fourth-order valence-corrected chi connectivity index (χ4v) is 4.61. The summed E-state index contributed by atoms with van der Waals surface area (Å²) in [5, 5.41) is 0. The summed E-state index contributed by atoms with van der Waals surface area (Å²) in [5.74, 6) is 0.877. The molecule has 2 saturated heterocycles. The van der Waals surface area contributed by atoms with E-state index in [-0.39, 0.29) is 0 Å². The Balaban J connectivity index is 1.38. The first kappa shape index (κ1) is 16.1. The minimum atomic E-state index is 0.771. The van der Waals surface area contributed by atoms with Gasteiger partial charge in [-0.25, -0.2) is 4.98 Å². The molecule has 2 aliphatic rings. The van der Waals surface area contributed by atoms with Crippen molar-refractivity contribution in [3.8, 4) is 0 Å². The number of likely N-dealkylation sites (tertiary alicyclic amines) is 2. The lowest BCUT2D eigenvalue weighted by molar-refractivity contribution is 0.107. The molecule has 1 unspecified atom stereocenters. The van der Waals surface area contributed by atoms with Crippen molar-refractivity contribution in [3.63, 3.8) is 0 Å². The van der Waals surface area contributed by atoms with E-state index in [0.717, 1.165) is 24.2 Å². The molecular weight excluding hydrogens is 296 g/mol. The van der Waals surface area contributed by atoms with Crippen LogP contribution in [0.5, 0.6) is 0 Å². The molecule has 0 amide bonds. The maximum Gasteiger partial charge on any atom is 0.137 e. The Morgan fingerprint density at radius 1 is 1.12 bits per heavy atom. The average molecular weight is 326 g/mol. The van der Waals surface area contributed by atoms with Crippen molar-refractivity contribution in [2.45, 2.75) is 52.1 Å². The van der Waals surface area contributed by atoms with Crippen LogP contribution in [-0.4, -0.2) is 51.4 Å². The topological polar surface area (TPSA) is 23.8 Å². The highest BCUT2D eigenvalue weighted by Crippen LogP contribution is 2.27. The lowest BCUT2D eigenvalue weighted by Gasteiger charge is -2.38. The third-order valence-corrected chi connectivity index (χ3v) is 6.23. The fourth-order valence-electron chi connectivity index (χ4n) is 4.61. The van der Waals surface area contributed by atoms with Crippen LogP contribution in [0.1, 0.15) is 44.0 Å². The van der Waals surface area contributed by atoms with Crippen LogP contribution in [0, 0.1) is 12.8 Å². The van der Waals surface area contributed by atoms with Crippen LogP contribution in [0.15, 0.2) is 24.4 Å². The van der Waals surface area contributed by atoms with Gasteiger partial charge in [-0.1, -0.05) is 6.07 Å². The highest BCUT2D eigenvalue weighted by Gasteiger charge is 2.29. The molecule has 0 aromatic carbocycles. The molecule has 4 heteroatoms. The van der Waals surface area contributed by atoms with Crippen molar-refractivity contribution in [1.29, 1.82) is 0 Å². The molecule has 2 aromatic rings. The van der Waals surface area contributed by atoms with Crippen LogP contribution in [0.3, 0.4) is 0 Å². The summed E-state index contributed by atoms with van der Waals surface area (Å²) < 4.78 is 2.26. The molecule has 4 nitrogen and oxygen atoms in total. The van der Waals surface area contributed by atoms with E-state index in [2.05, 4.69) is 52.4 Å². The molecule has 4 heterocycles. The first-order valence-electron chi connectivity index (χ1n) is 9.61. The van der Waals surface area contributed by atoms with Crippen LogP contribution in [0.4, 0.5) is 0 Å². The highest BCUT2D eigenvalue weighted by atomic mass is 15.2. The predicted molar refractivity (Wildman–Crippen MR) is 98.2 cm³/mol. The van der Waals surface area contributed by atoms with Crippen LogP contribution < -0.4 is 0 Å². The lowest BCUT2D eigenvalue weighted by Crippen LogP contribution is -2.43. The Morgan fingerprint density at radius 3 is 2.62 bits per heavy atom. The second-order valence-electron chi connectivity index (χ2n) is 7.67. The molecule has 0 spiro atoms. The van der Waals surface area contributed by atoms with Crippen LogP contribution in [-0.2, 0) is 6.54 Å². The number of rotatable bonds is 4. The second kappa shape index (κ2) is 6.85. The summed E-state index contributed by atoms with van der Waals surface area (Å²) in [5.41, 5.74) is 3.60.